The van der Waals surface area contributed by atoms with Gasteiger partial charge in [0.15, 0.2) is 0 Å². The summed E-state index contributed by atoms with van der Waals surface area (Å²) in [5.74, 6) is 0.864. The number of allylic oxidation sites excluding steroid dienone is 1. The van der Waals surface area contributed by atoms with Crippen LogP contribution in [0.4, 0.5) is 0 Å². The maximum Gasteiger partial charge on any atom is 0.131 e. The zero-order valence-corrected chi connectivity index (χ0v) is 29.1. The van der Waals surface area contributed by atoms with E-state index in [1.165, 1.54) is 31.7 Å². The van der Waals surface area contributed by atoms with Crippen LogP contribution in [0.3, 0.4) is 0 Å². The van der Waals surface area contributed by atoms with E-state index in [1.807, 2.05) is 47.7 Å². The lowest BCUT2D eigenvalue weighted by molar-refractivity contribution is 0.409. The Balaban J connectivity index is 1.06. The Labute approximate surface area is 305 Å². The number of thiophene rings is 1. The molecule has 0 radical (unpaired) electrons. The van der Waals surface area contributed by atoms with Crippen LogP contribution < -0.4 is 10.6 Å². The van der Waals surface area contributed by atoms with E-state index in [1.54, 1.807) is 0 Å². The number of aromatic nitrogens is 1. The smallest absolute Gasteiger partial charge is 0.131 e. The Hall–Kier alpha value is -6.26. The number of nitrogens with one attached hydrogen (secondary N) is 2. The van der Waals surface area contributed by atoms with Crippen LogP contribution in [0.1, 0.15) is 51.4 Å². The summed E-state index contributed by atoms with van der Waals surface area (Å²) in [5.41, 5.74) is 11.0. The second-order valence-electron chi connectivity index (χ2n) is 13.5. The summed E-state index contributed by atoms with van der Waals surface area (Å²) >= 11 is 1.93. The highest BCUT2D eigenvalue weighted by Crippen LogP contribution is 2.43. The lowest BCUT2D eigenvalue weighted by Gasteiger charge is -2.32. The predicted octanol–water partition coefficient (Wildman–Crippen LogP) is 10.8. The molecular weight excluding hydrogens is 655 g/mol. The van der Waals surface area contributed by atoms with Crippen LogP contribution in [0.15, 0.2) is 151 Å². The second-order valence-corrected chi connectivity index (χ2v) is 14.6. The molecule has 0 amide bonds. The average molecular weight is 688 g/mol. The highest BCUT2D eigenvalue weighted by molar-refractivity contribution is 7.20. The number of aliphatic imine (C=N–C) groups is 1. The van der Waals surface area contributed by atoms with Crippen molar-refractivity contribution < 1.29 is 0 Å². The molecule has 0 saturated carbocycles. The molecule has 2 unspecified atom stereocenters. The molecule has 0 saturated heterocycles. The molecule has 0 fully saturated rings. The van der Waals surface area contributed by atoms with Crippen molar-refractivity contribution in [2.24, 2.45) is 4.99 Å². The molecule has 8 aromatic rings. The number of rotatable bonds is 5. The van der Waals surface area contributed by atoms with Gasteiger partial charge in [0.25, 0.3) is 0 Å². The van der Waals surface area contributed by atoms with Gasteiger partial charge in [-0.2, -0.15) is 5.26 Å². The van der Waals surface area contributed by atoms with Crippen LogP contribution >= 0.6 is 11.3 Å². The van der Waals surface area contributed by atoms with Crippen LogP contribution in [0.25, 0.3) is 54.8 Å². The molecule has 3 heterocycles. The minimum Gasteiger partial charge on any atom is -0.350 e. The third-order valence-electron chi connectivity index (χ3n) is 10.4. The summed E-state index contributed by atoms with van der Waals surface area (Å²) in [6, 6.07) is 51.4. The van der Waals surface area contributed by atoms with Crippen molar-refractivity contribution >= 4 is 55.1 Å². The van der Waals surface area contributed by atoms with Gasteiger partial charge in [0.05, 0.1) is 22.7 Å². The van der Waals surface area contributed by atoms with Gasteiger partial charge in [0, 0.05) is 37.0 Å². The first-order chi connectivity index (χ1) is 25.7. The first kappa shape index (κ1) is 30.6. The maximum atomic E-state index is 9.88. The Bertz CT molecular complexity index is 2750. The fourth-order valence-corrected chi connectivity index (χ4v) is 9.17. The quantitative estimate of drug-likeness (QED) is 0.189. The number of hydrogen-bond donors (Lipinski definition) is 2. The molecule has 1 aliphatic carbocycles. The Morgan fingerprint density at radius 2 is 1.48 bits per heavy atom. The van der Waals surface area contributed by atoms with Crippen molar-refractivity contribution in [1.29, 1.82) is 5.26 Å². The fraction of sp³-hybridized carbons (Fsp3) is 0.0870. The number of nitrogens with zero attached hydrogens (tertiary/aromatic N) is 3. The molecule has 248 valence electrons. The van der Waals surface area contributed by atoms with Gasteiger partial charge >= 0.3 is 0 Å². The van der Waals surface area contributed by atoms with Crippen molar-refractivity contribution in [1.82, 2.24) is 15.2 Å². The molecule has 6 heteroatoms. The molecule has 2 atom stereocenters. The molecule has 10 rings (SSSR count). The van der Waals surface area contributed by atoms with Crippen LogP contribution in [0, 0.1) is 11.3 Å². The van der Waals surface area contributed by atoms with E-state index in [-0.39, 0.29) is 12.3 Å². The molecule has 6 aromatic carbocycles. The van der Waals surface area contributed by atoms with Crippen LogP contribution in [-0.2, 0) is 6.42 Å². The predicted molar refractivity (Wildman–Crippen MR) is 215 cm³/mol. The van der Waals surface area contributed by atoms with E-state index in [0.29, 0.717) is 5.56 Å². The van der Waals surface area contributed by atoms with E-state index in [0.717, 1.165) is 62.9 Å². The monoisotopic (exact) mass is 687 g/mol. The van der Waals surface area contributed by atoms with Crippen LogP contribution in [0.5, 0.6) is 0 Å². The van der Waals surface area contributed by atoms with Crippen molar-refractivity contribution in [3.8, 4) is 22.9 Å². The number of hydrogen-bond acceptors (Lipinski definition) is 5. The SMILES string of the molecule is N#Cc1ccc2c(c1)c1cc(-c3cccc4c5c(sc34)CCC=C5)ccc1n2-c1ccc(C2NC(c3ccccc3)=NC(c3ccccc3)N2)cc1. The number of benzene rings is 6. The number of aryl methyl sites for hydroxylation is 1. The van der Waals surface area contributed by atoms with Gasteiger partial charge in [0.1, 0.15) is 18.2 Å². The van der Waals surface area contributed by atoms with Gasteiger partial charge in [-0.15, -0.1) is 11.3 Å². The van der Waals surface area contributed by atoms with E-state index in [9.17, 15) is 5.26 Å². The fourth-order valence-electron chi connectivity index (χ4n) is 7.83. The van der Waals surface area contributed by atoms with Gasteiger partial charge < -0.3 is 9.88 Å². The van der Waals surface area contributed by atoms with Crippen LogP contribution in [0.2, 0.25) is 0 Å². The minimum atomic E-state index is -0.190. The van der Waals surface area contributed by atoms with Gasteiger partial charge in [-0.25, -0.2) is 4.99 Å². The summed E-state index contributed by atoms with van der Waals surface area (Å²) in [7, 11) is 0. The van der Waals surface area contributed by atoms with Gasteiger partial charge in [-0.1, -0.05) is 109 Å². The standard InChI is InChI=1S/C46H33N5S/c47-28-29-18-24-40-38(26-29)39-27-33(35-15-9-16-37-36-14-7-8-17-42(36)52-43(35)37)21-25-41(39)51(40)34-22-19-32(20-23-34)46-49-44(30-10-3-1-4-11-30)48-45(50-46)31-12-5-2-6-13-31/h1-7,9-16,18-27,44,46,49H,8,17H2,(H,48,50). The second kappa shape index (κ2) is 12.5. The van der Waals surface area contributed by atoms with Crippen molar-refractivity contribution in [2.75, 3.05) is 0 Å². The molecular formula is C46H33N5S. The zero-order valence-electron chi connectivity index (χ0n) is 28.3. The highest BCUT2D eigenvalue weighted by atomic mass is 32.1. The Kier molecular flexibility index (Phi) is 7.35. The third-order valence-corrected chi connectivity index (χ3v) is 11.7. The zero-order chi connectivity index (χ0) is 34.6. The lowest BCUT2D eigenvalue weighted by Crippen LogP contribution is -2.44. The first-order valence-electron chi connectivity index (χ1n) is 17.7. The number of amidine groups is 1. The maximum absolute atomic E-state index is 9.88. The summed E-state index contributed by atoms with van der Waals surface area (Å²) in [5, 5.41) is 20.8. The molecule has 2 aromatic heterocycles. The van der Waals surface area contributed by atoms with E-state index in [2.05, 4.69) is 137 Å². The highest BCUT2D eigenvalue weighted by Gasteiger charge is 2.26. The average Bonchev–Trinajstić information content (AvgIpc) is 3.76. The van der Waals surface area contributed by atoms with E-state index >= 15 is 0 Å². The normalized spacial score (nSPS) is 16.8. The molecule has 2 aliphatic rings. The van der Waals surface area contributed by atoms with Crippen LogP contribution in [-0.4, -0.2) is 10.4 Å². The first-order valence-corrected chi connectivity index (χ1v) is 18.5. The van der Waals surface area contributed by atoms with Crippen molar-refractivity contribution in [3.05, 3.63) is 178 Å². The van der Waals surface area contributed by atoms with E-state index in [4.69, 9.17) is 4.99 Å². The molecule has 5 nitrogen and oxygen atoms in total. The topological polar surface area (TPSA) is 65.1 Å². The largest absolute Gasteiger partial charge is 0.350 e. The third kappa shape index (κ3) is 5.13. The Morgan fingerprint density at radius 1 is 0.712 bits per heavy atom. The Morgan fingerprint density at radius 3 is 2.29 bits per heavy atom. The molecule has 1 aliphatic heterocycles. The number of fused-ring (bicyclic) bond motifs is 6. The van der Waals surface area contributed by atoms with Gasteiger partial charge in [-0.3, -0.25) is 5.32 Å². The number of nitriles is 1. The summed E-state index contributed by atoms with van der Waals surface area (Å²) < 4.78 is 3.66. The molecule has 2 N–H and O–H groups in total. The minimum absolute atomic E-state index is 0.146. The van der Waals surface area contributed by atoms with Crippen molar-refractivity contribution in [2.45, 2.75) is 25.2 Å². The lowest BCUT2D eigenvalue weighted by atomic mass is 9.98. The molecule has 0 spiro atoms. The van der Waals surface area contributed by atoms with Crippen molar-refractivity contribution in [3.63, 3.8) is 0 Å². The van der Waals surface area contributed by atoms with E-state index < -0.39 is 0 Å². The summed E-state index contributed by atoms with van der Waals surface area (Å²) in [6.07, 6.45) is 6.46. The van der Waals surface area contributed by atoms with Gasteiger partial charge in [0.2, 0.25) is 0 Å². The molecule has 0 bridgehead atoms. The summed E-state index contributed by atoms with van der Waals surface area (Å²) in [6.45, 7) is 0. The summed E-state index contributed by atoms with van der Waals surface area (Å²) in [4.78, 5) is 6.54. The van der Waals surface area contributed by atoms with Gasteiger partial charge in [-0.05, 0) is 83.1 Å². The molecule has 52 heavy (non-hydrogen) atoms.